The van der Waals surface area contributed by atoms with E-state index in [1.165, 1.54) is 12.8 Å². The molecule has 1 saturated heterocycles. The summed E-state index contributed by atoms with van der Waals surface area (Å²) in [5, 5.41) is 3.37. The van der Waals surface area contributed by atoms with Crippen LogP contribution >= 0.6 is 11.6 Å². The minimum Gasteiger partial charge on any atom is -0.397 e. The van der Waals surface area contributed by atoms with E-state index in [2.05, 4.69) is 10.2 Å². The van der Waals surface area contributed by atoms with Crippen molar-refractivity contribution in [3.05, 3.63) is 23.2 Å². The van der Waals surface area contributed by atoms with Crippen LogP contribution in [0.4, 0.5) is 11.4 Å². The van der Waals surface area contributed by atoms with Crippen LogP contribution in [-0.4, -0.2) is 30.4 Å². The monoisotopic (exact) mass is 253 g/mol. The first-order valence-electron chi connectivity index (χ1n) is 5.72. The Morgan fingerprint density at radius 1 is 1.41 bits per heavy atom. The maximum absolute atomic E-state index is 11.8. The molecule has 1 aliphatic rings. The van der Waals surface area contributed by atoms with Gasteiger partial charge in [-0.3, -0.25) is 9.69 Å². The predicted molar refractivity (Wildman–Crippen MR) is 70.2 cm³/mol. The molecule has 0 atom stereocenters. The van der Waals surface area contributed by atoms with Crippen LogP contribution in [0.5, 0.6) is 0 Å². The molecule has 1 heterocycles. The van der Waals surface area contributed by atoms with Gasteiger partial charge in [0.2, 0.25) is 5.91 Å². The maximum atomic E-state index is 11.8. The number of amides is 1. The standard InChI is InChI=1S/C12H16ClN3O/c13-9-3-4-11(10(14)7-9)15-12(17)8-16-5-1-2-6-16/h3-4,7H,1-2,5-6,8,14H2,(H,15,17). The van der Waals surface area contributed by atoms with E-state index < -0.39 is 0 Å². The van der Waals surface area contributed by atoms with Gasteiger partial charge < -0.3 is 11.1 Å². The number of nitrogen functional groups attached to an aromatic ring is 1. The summed E-state index contributed by atoms with van der Waals surface area (Å²) in [5.41, 5.74) is 6.88. The molecule has 0 bridgehead atoms. The number of carbonyl (C=O) groups is 1. The van der Waals surface area contributed by atoms with Crippen molar-refractivity contribution in [2.45, 2.75) is 12.8 Å². The summed E-state index contributed by atoms with van der Waals surface area (Å²) in [6, 6.07) is 5.07. The van der Waals surface area contributed by atoms with Crippen LogP contribution in [0, 0.1) is 0 Å². The first kappa shape index (κ1) is 12.2. The lowest BCUT2D eigenvalue weighted by molar-refractivity contribution is -0.117. The Balaban J connectivity index is 1.93. The largest absolute Gasteiger partial charge is 0.397 e. The molecule has 0 saturated carbocycles. The van der Waals surface area contributed by atoms with Crippen LogP contribution in [0.1, 0.15) is 12.8 Å². The van der Waals surface area contributed by atoms with Crippen LogP contribution in [0.25, 0.3) is 0 Å². The van der Waals surface area contributed by atoms with Crippen LogP contribution in [0.15, 0.2) is 18.2 Å². The first-order chi connectivity index (χ1) is 8.15. The van der Waals surface area contributed by atoms with Gasteiger partial charge in [0.05, 0.1) is 17.9 Å². The molecule has 3 N–H and O–H groups in total. The molecule has 92 valence electrons. The van der Waals surface area contributed by atoms with Crippen LogP contribution in [0.3, 0.4) is 0 Å². The molecule has 2 rings (SSSR count). The Morgan fingerprint density at radius 3 is 2.76 bits per heavy atom. The molecule has 0 unspecified atom stereocenters. The van der Waals surface area contributed by atoms with Gasteiger partial charge in [0, 0.05) is 5.02 Å². The molecule has 1 aliphatic heterocycles. The molecule has 1 aromatic rings. The van der Waals surface area contributed by atoms with Gasteiger partial charge in [0.15, 0.2) is 0 Å². The van der Waals surface area contributed by atoms with Gasteiger partial charge in [-0.15, -0.1) is 0 Å². The number of hydrogen-bond donors (Lipinski definition) is 2. The summed E-state index contributed by atoms with van der Waals surface area (Å²) in [4.78, 5) is 13.9. The van der Waals surface area contributed by atoms with Gasteiger partial charge in [0.25, 0.3) is 0 Å². The summed E-state index contributed by atoms with van der Waals surface area (Å²) in [7, 11) is 0. The Morgan fingerprint density at radius 2 is 2.12 bits per heavy atom. The zero-order valence-corrected chi connectivity index (χ0v) is 10.3. The van der Waals surface area contributed by atoms with Crippen molar-refractivity contribution in [2.24, 2.45) is 0 Å². The SMILES string of the molecule is Nc1cc(Cl)ccc1NC(=O)CN1CCCC1. The molecule has 4 nitrogen and oxygen atoms in total. The van der Waals surface area contributed by atoms with Gasteiger partial charge in [-0.2, -0.15) is 0 Å². The fraction of sp³-hybridized carbons (Fsp3) is 0.417. The van der Waals surface area contributed by atoms with Gasteiger partial charge >= 0.3 is 0 Å². The lowest BCUT2D eigenvalue weighted by Gasteiger charge is -2.14. The van der Waals surface area contributed by atoms with Gasteiger partial charge in [-0.05, 0) is 44.1 Å². The lowest BCUT2D eigenvalue weighted by atomic mass is 10.2. The highest BCUT2D eigenvalue weighted by Crippen LogP contribution is 2.22. The fourth-order valence-electron chi connectivity index (χ4n) is 1.98. The molecule has 1 fully saturated rings. The molecular formula is C12H16ClN3O. The van der Waals surface area contributed by atoms with Gasteiger partial charge in [-0.25, -0.2) is 0 Å². The number of nitrogens with one attached hydrogen (secondary N) is 1. The van der Waals surface area contributed by atoms with Crippen molar-refractivity contribution in [1.29, 1.82) is 0 Å². The number of nitrogens with two attached hydrogens (primary N) is 1. The maximum Gasteiger partial charge on any atom is 0.238 e. The molecule has 1 amide bonds. The normalized spacial score (nSPS) is 16.1. The summed E-state index contributed by atoms with van der Waals surface area (Å²) >= 11 is 5.79. The Hall–Kier alpha value is -1.26. The van der Waals surface area contributed by atoms with Crippen molar-refractivity contribution in [3.63, 3.8) is 0 Å². The zero-order valence-electron chi connectivity index (χ0n) is 9.58. The fourth-order valence-corrected chi connectivity index (χ4v) is 2.16. The van der Waals surface area contributed by atoms with E-state index in [0.717, 1.165) is 13.1 Å². The molecule has 0 spiro atoms. The van der Waals surface area contributed by atoms with E-state index in [-0.39, 0.29) is 5.91 Å². The predicted octanol–water partition coefficient (Wildman–Crippen LogP) is 1.96. The van der Waals surface area contributed by atoms with Gasteiger partial charge in [0.1, 0.15) is 0 Å². The number of rotatable bonds is 3. The average molecular weight is 254 g/mol. The zero-order chi connectivity index (χ0) is 12.3. The quantitative estimate of drug-likeness (QED) is 0.810. The van der Waals surface area contributed by atoms with Crippen molar-refractivity contribution in [1.82, 2.24) is 4.90 Å². The van der Waals surface area contributed by atoms with Crippen LogP contribution < -0.4 is 11.1 Å². The number of carbonyl (C=O) groups excluding carboxylic acids is 1. The highest BCUT2D eigenvalue weighted by atomic mass is 35.5. The number of anilines is 2. The van der Waals surface area contributed by atoms with E-state index >= 15 is 0 Å². The van der Waals surface area contributed by atoms with Crippen molar-refractivity contribution >= 4 is 28.9 Å². The highest BCUT2D eigenvalue weighted by molar-refractivity contribution is 6.31. The van der Waals surface area contributed by atoms with E-state index in [0.29, 0.717) is 22.9 Å². The average Bonchev–Trinajstić information content (AvgIpc) is 2.75. The van der Waals surface area contributed by atoms with Gasteiger partial charge in [-0.1, -0.05) is 11.6 Å². The molecular weight excluding hydrogens is 238 g/mol. The lowest BCUT2D eigenvalue weighted by Crippen LogP contribution is -2.31. The molecule has 17 heavy (non-hydrogen) atoms. The molecule has 1 aromatic carbocycles. The molecule has 5 heteroatoms. The molecule has 0 aromatic heterocycles. The van der Waals surface area contributed by atoms with Crippen LogP contribution in [0.2, 0.25) is 5.02 Å². The number of halogens is 1. The van der Waals surface area contributed by atoms with Crippen molar-refractivity contribution < 1.29 is 4.79 Å². The number of nitrogens with zero attached hydrogens (tertiary/aromatic N) is 1. The summed E-state index contributed by atoms with van der Waals surface area (Å²) in [6.45, 7) is 2.44. The van der Waals surface area contributed by atoms with Crippen molar-refractivity contribution in [2.75, 3.05) is 30.7 Å². The highest BCUT2D eigenvalue weighted by Gasteiger charge is 2.15. The molecule has 0 radical (unpaired) electrons. The Labute approximate surface area is 106 Å². The Bertz CT molecular complexity index is 416. The third-order valence-electron chi connectivity index (χ3n) is 2.85. The molecule has 0 aliphatic carbocycles. The minimum atomic E-state index is -0.0269. The van der Waals surface area contributed by atoms with Crippen LogP contribution in [-0.2, 0) is 4.79 Å². The smallest absolute Gasteiger partial charge is 0.238 e. The second-order valence-electron chi connectivity index (χ2n) is 4.26. The minimum absolute atomic E-state index is 0.0269. The summed E-state index contributed by atoms with van der Waals surface area (Å²) in [6.07, 6.45) is 2.35. The van der Waals surface area contributed by atoms with E-state index in [4.69, 9.17) is 17.3 Å². The Kier molecular flexibility index (Phi) is 3.86. The summed E-state index contributed by atoms with van der Waals surface area (Å²) in [5.74, 6) is -0.0269. The number of benzene rings is 1. The second kappa shape index (κ2) is 5.38. The third kappa shape index (κ3) is 3.35. The van der Waals surface area contributed by atoms with E-state index in [9.17, 15) is 4.79 Å². The van der Waals surface area contributed by atoms with E-state index in [1.807, 2.05) is 0 Å². The number of likely N-dealkylation sites (tertiary alicyclic amines) is 1. The third-order valence-corrected chi connectivity index (χ3v) is 3.09. The topological polar surface area (TPSA) is 58.4 Å². The van der Waals surface area contributed by atoms with Crippen molar-refractivity contribution in [3.8, 4) is 0 Å². The first-order valence-corrected chi connectivity index (χ1v) is 6.10. The number of hydrogen-bond acceptors (Lipinski definition) is 3. The summed E-state index contributed by atoms with van der Waals surface area (Å²) < 4.78 is 0. The second-order valence-corrected chi connectivity index (χ2v) is 4.70. The van der Waals surface area contributed by atoms with E-state index in [1.54, 1.807) is 18.2 Å².